The molecule has 0 spiro atoms. The second kappa shape index (κ2) is 5.26. The Bertz CT molecular complexity index is 576. The zero-order valence-corrected chi connectivity index (χ0v) is 12.2. The normalized spacial score (nSPS) is 25.3. The molecule has 1 aliphatic heterocycles. The lowest BCUT2D eigenvalue weighted by Crippen LogP contribution is -2.50. The molecule has 4 nitrogen and oxygen atoms in total. The van der Waals surface area contributed by atoms with Gasteiger partial charge in [-0.1, -0.05) is 29.3 Å². The summed E-state index contributed by atoms with van der Waals surface area (Å²) in [4.78, 5) is 25.3. The summed E-state index contributed by atoms with van der Waals surface area (Å²) in [5.74, 6) is 0.0546. The zero-order chi connectivity index (χ0) is 14.3. The standard InChI is InChI=1S/C14H14Cl2N2O2/c15-8-1-2-9(12(16)5-8)10-6-11(10)14(20)18-4-3-17-13(19)7-18/h1-2,5,10-11H,3-4,6-7H2,(H,17,19)/t10-,11-/m1/s1. The van der Waals surface area contributed by atoms with E-state index in [1.54, 1.807) is 17.0 Å². The Morgan fingerprint density at radius 1 is 1.35 bits per heavy atom. The number of nitrogens with one attached hydrogen (secondary N) is 1. The summed E-state index contributed by atoms with van der Waals surface area (Å²) in [6.07, 6.45) is 0.790. The van der Waals surface area contributed by atoms with Gasteiger partial charge in [-0.3, -0.25) is 9.59 Å². The zero-order valence-electron chi connectivity index (χ0n) is 10.7. The number of piperazine rings is 1. The van der Waals surface area contributed by atoms with Crippen LogP contribution in [0.25, 0.3) is 0 Å². The molecule has 0 bridgehead atoms. The molecule has 2 amide bonds. The number of nitrogens with zero attached hydrogens (tertiary/aromatic N) is 1. The van der Waals surface area contributed by atoms with E-state index in [9.17, 15) is 9.59 Å². The molecule has 1 saturated heterocycles. The maximum absolute atomic E-state index is 12.3. The molecule has 1 saturated carbocycles. The lowest BCUT2D eigenvalue weighted by Gasteiger charge is -2.26. The highest BCUT2D eigenvalue weighted by molar-refractivity contribution is 6.35. The van der Waals surface area contributed by atoms with Crippen LogP contribution in [-0.4, -0.2) is 36.3 Å². The smallest absolute Gasteiger partial charge is 0.239 e. The molecule has 6 heteroatoms. The number of carbonyl (C=O) groups is 2. The maximum atomic E-state index is 12.3. The summed E-state index contributed by atoms with van der Waals surface area (Å²) in [6, 6.07) is 5.37. The number of rotatable bonds is 2. The van der Waals surface area contributed by atoms with Crippen molar-refractivity contribution < 1.29 is 9.59 Å². The monoisotopic (exact) mass is 312 g/mol. The number of benzene rings is 1. The summed E-state index contributed by atoms with van der Waals surface area (Å²) in [7, 11) is 0. The molecule has 0 aromatic heterocycles. The minimum absolute atomic E-state index is 0.0517. The molecule has 3 rings (SSSR count). The Kier molecular flexibility index (Phi) is 3.61. The van der Waals surface area contributed by atoms with Crippen LogP contribution in [0.5, 0.6) is 0 Å². The minimum Gasteiger partial charge on any atom is -0.353 e. The molecule has 1 heterocycles. The van der Waals surface area contributed by atoms with E-state index in [4.69, 9.17) is 23.2 Å². The van der Waals surface area contributed by atoms with Crippen molar-refractivity contribution >= 4 is 35.0 Å². The van der Waals surface area contributed by atoms with Gasteiger partial charge in [0.2, 0.25) is 11.8 Å². The Labute approximate surface area is 127 Å². The molecule has 0 unspecified atom stereocenters. The van der Waals surface area contributed by atoms with Gasteiger partial charge in [0, 0.05) is 29.1 Å². The fraction of sp³-hybridized carbons (Fsp3) is 0.429. The Morgan fingerprint density at radius 2 is 2.15 bits per heavy atom. The van der Waals surface area contributed by atoms with E-state index in [1.165, 1.54) is 0 Å². The summed E-state index contributed by atoms with van der Waals surface area (Å²) in [5.41, 5.74) is 0.968. The van der Waals surface area contributed by atoms with Gasteiger partial charge >= 0.3 is 0 Å². The van der Waals surface area contributed by atoms with Gasteiger partial charge in [0.25, 0.3) is 0 Å². The molecule has 20 heavy (non-hydrogen) atoms. The van der Waals surface area contributed by atoms with Crippen molar-refractivity contribution in [2.75, 3.05) is 19.6 Å². The fourth-order valence-electron chi connectivity index (χ4n) is 2.68. The van der Waals surface area contributed by atoms with Crippen molar-refractivity contribution in [2.24, 2.45) is 5.92 Å². The van der Waals surface area contributed by atoms with Crippen LogP contribution in [0.15, 0.2) is 18.2 Å². The second-order valence-electron chi connectivity index (χ2n) is 5.22. The van der Waals surface area contributed by atoms with Crippen LogP contribution in [0.3, 0.4) is 0 Å². The van der Waals surface area contributed by atoms with Gasteiger partial charge in [-0.15, -0.1) is 0 Å². The summed E-state index contributed by atoms with van der Waals surface area (Å²) < 4.78 is 0. The first-order valence-corrected chi connectivity index (χ1v) is 7.32. The van der Waals surface area contributed by atoms with E-state index in [1.807, 2.05) is 6.07 Å². The van der Waals surface area contributed by atoms with Crippen molar-refractivity contribution in [2.45, 2.75) is 12.3 Å². The first-order valence-electron chi connectivity index (χ1n) is 6.56. The number of amides is 2. The van der Waals surface area contributed by atoms with E-state index in [2.05, 4.69) is 5.32 Å². The lowest BCUT2D eigenvalue weighted by molar-refractivity contribution is -0.139. The summed E-state index contributed by atoms with van der Waals surface area (Å²) in [6.45, 7) is 1.28. The molecular weight excluding hydrogens is 299 g/mol. The molecule has 1 aromatic carbocycles. The Balaban J connectivity index is 1.69. The topological polar surface area (TPSA) is 49.4 Å². The minimum atomic E-state index is -0.0914. The number of hydrogen-bond donors (Lipinski definition) is 1. The van der Waals surface area contributed by atoms with Crippen LogP contribution in [0, 0.1) is 5.92 Å². The Morgan fingerprint density at radius 3 is 2.85 bits per heavy atom. The van der Waals surface area contributed by atoms with Gasteiger partial charge in [-0.2, -0.15) is 0 Å². The number of hydrogen-bond acceptors (Lipinski definition) is 2. The van der Waals surface area contributed by atoms with E-state index in [0.717, 1.165) is 12.0 Å². The molecule has 2 atom stereocenters. The SMILES string of the molecule is O=C1CN(C(=O)[C@@H]2C[C@@H]2c2ccc(Cl)cc2Cl)CCN1. The lowest BCUT2D eigenvalue weighted by atomic mass is 10.1. The van der Waals surface area contributed by atoms with Crippen LogP contribution in [0.2, 0.25) is 10.0 Å². The highest BCUT2D eigenvalue weighted by Gasteiger charge is 2.47. The van der Waals surface area contributed by atoms with Crippen LogP contribution in [-0.2, 0) is 9.59 Å². The average Bonchev–Trinajstić information content (AvgIpc) is 3.18. The third-order valence-electron chi connectivity index (χ3n) is 3.82. The largest absolute Gasteiger partial charge is 0.353 e. The quantitative estimate of drug-likeness (QED) is 0.908. The van der Waals surface area contributed by atoms with Gasteiger partial charge in [0.15, 0.2) is 0 Å². The predicted octanol–water partition coefficient (Wildman–Crippen LogP) is 2.06. The van der Waals surface area contributed by atoms with E-state index in [0.29, 0.717) is 23.1 Å². The van der Waals surface area contributed by atoms with Crippen molar-refractivity contribution in [1.82, 2.24) is 10.2 Å². The molecule has 1 aromatic rings. The first kappa shape index (κ1) is 13.7. The predicted molar refractivity (Wildman–Crippen MR) is 76.9 cm³/mol. The molecule has 1 N–H and O–H groups in total. The molecule has 2 fully saturated rings. The summed E-state index contributed by atoms with van der Waals surface area (Å²) in [5, 5.41) is 3.91. The van der Waals surface area contributed by atoms with Crippen LogP contribution >= 0.6 is 23.2 Å². The maximum Gasteiger partial charge on any atom is 0.239 e. The average molecular weight is 313 g/mol. The van der Waals surface area contributed by atoms with Crippen molar-refractivity contribution in [3.8, 4) is 0 Å². The number of carbonyl (C=O) groups excluding carboxylic acids is 2. The van der Waals surface area contributed by atoms with Gasteiger partial charge < -0.3 is 10.2 Å². The summed E-state index contributed by atoms with van der Waals surface area (Å²) >= 11 is 12.0. The van der Waals surface area contributed by atoms with Crippen LogP contribution in [0.1, 0.15) is 17.9 Å². The third kappa shape index (κ3) is 2.63. The van der Waals surface area contributed by atoms with Gasteiger partial charge in [-0.25, -0.2) is 0 Å². The van der Waals surface area contributed by atoms with E-state index >= 15 is 0 Å². The van der Waals surface area contributed by atoms with Crippen LogP contribution in [0.4, 0.5) is 0 Å². The molecule has 2 aliphatic rings. The first-order chi connectivity index (χ1) is 9.56. The Hall–Kier alpha value is -1.26. The van der Waals surface area contributed by atoms with Crippen molar-refractivity contribution in [3.05, 3.63) is 33.8 Å². The van der Waals surface area contributed by atoms with Gasteiger partial charge in [0.05, 0.1) is 6.54 Å². The fourth-order valence-corrected chi connectivity index (χ4v) is 3.22. The van der Waals surface area contributed by atoms with E-state index < -0.39 is 0 Å². The molecular formula is C14H14Cl2N2O2. The van der Waals surface area contributed by atoms with Gasteiger partial charge in [0.1, 0.15) is 0 Å². The van der Waals surface area contributed by atoms with Crippen molar-refractivity contribution in [1.29, 1.82) is 0 Å². The highest BCUT2D eigenvalue weighted by Crippen LogP contribution is 2.50. The van der Waals surface area contributed by atoms with Gasteiger partial charge in [-0.05, 0) is 30.0 Å². The van der Waals surface area contributed by atoms with Crippen LogP contribution < -0.4 is 5.32 Å². The third-order valence-corrected chi connectivity index (χ3v) is 4.38. The van der Waals surface area contributed by atoms with Crippen molar-refractivity contribution in [3.63, 3.8) is 0 Å². The molecule has 1 aliphatic carbocycles. The molecule has 106 valence electrons. The second-order valence-corrected chi connectivity index (χ2v) is 6.07. The van der Waals surface area contributed by atoms with E-state index in [-0.39, 0.29) is 30.2 Å². The highest BCUT2D eigenvalue weighted by atomic mass is 35.5. The molecule has 0 radical (unpaired) electrons. The number of halogens is 2.